The third-order valence-corrected chi connectivity index (χ3v) is 2.54. The van der Waals surface area contributed by atoms with E-state index in [0.29, 0.717) is 10.7 Å². The first-order valence-electron chi connectivity index (χ1n) is 4.88. The normalized spacial score (nSPS) is 10.7. The third-order valence-electron chi connectivity index (χ3n) is 1.99. The first-order chi connectivity index (χ1) is 8.97. The Morgan fingerprint density at radius 2 is 2.05 bits per heavy atom. The number of carbonyl (C=O) groups is 1. The molecule has 0 aromatic heterocycles. The van der Waals surface area contributed by atoms with Crippen molar-refractivity contribution in [2.24, 2.45) is 0 Å². The first-order valence-corrected chi connectivity index (χ1v) is 5.64. The summed E-state index contributed by atoms with van der Waals surface area (Å²) in [4.78, 5) is 11.6. The molecule has 1 unspecified atom stereocenters. The number of anilines is 1. The fourth-order valence-electron chi connectivity index (χ4n) is 1.11. The van der Waals surface area contributed by atoms with Gasteiger partial charge in [-0.3, -0.25) is 5.41 Å². The largest absolute Gasteiger partial charge is 0.320 e. The number of amides is 2. The number of hydrogen-bond acceptors (Lipinski definition) is 4. The van der Waals surface area contributed by atoms with Gasteiger partial charge in [0, 0.05) is 5.02 Å². The summed E-state index contributed by atoms with van der Waals surface area (Å²) in [5.41, 5.74) is -0.261. The predicted octanol–water partition coefficient (Wildman–Crippen LogP) is 2.55. The fraction of sp³-hybridized carbons (Fsp3) is 0.0909. The van der Waals surface area contributed by atoms with Crippen LogP contribution in [0.15, 0.2) is 18.2 Å². The lowest BCUT2D eigenvalue weighted by Gasteiger charge is -2.11. The number of halogens is 2. The molecule has 0 saturated heterocycles. The molecule has 6 nitrogen and oxygen atoms in total. The minimum atomic E-state index is -1.31. The van der Waals surface area contributed by atoms with Gasteiger partial charge in [-0.2, -0.15) is 10.5 Å². The van der Waals surface area contributed by atoms with Crippen molar-refractivity contribution >= 4 is 40.6 Å². The van der Waals surface area contributed by atoms with Crippen LogP contribution < -0.4 is 10.6 Å². The zero-order chi connectivity index (χ0) is 14.4. The maximum Gasteiger partial charge on any atom is 0.320 e. The second kappa shape index (κ2) is 6.60. The van der Waals surface area contributed by atoms with Gasteiger partial charge in [-0.1, -0.05) is 23.2 Å². The van der Waals surface area contributed by atoms with Crippen LogP contribution in [0.4, 0.5) is 10.5 Å². The molecule has 0 spiro atoms. The SMILES string of the molecule is N#CC(=N)C(C#N)NC(=O)Nc1ccc(Cl)cc1Cl. The first kappa shape index (κ1) is 14.8. The highest BCUT2D eigenvalue weighted by atomic mass is 35.5. The Morgan fingerprint density at radius 1 is 1.37 bits per heavy atom. The molecule has 96 valence electrons. The molecule has 0 aliphatic carbocycles. The minimum Gasteiger partial charge on any atom is -0.316 e. The second-order valence-electron chi connectivity index (χ2n) is 3.31. The molecule has 0 aliphatic rings. The van der Waals surface area contributed by atoms with Crippen LogP contribution in [-0.2, 0) is 0 Å². The van der Waals surface area contributed by atoms with Gasteiger partial charge >= 0.3 is 6.03 Å². The predicted molar refractivity (Wildman–Crippen MR) is 71.4 cm³/mol. The Kier molecular flexibility index (Phi) is 5.13. The summed E-state index contributed by atoms with van der Waals surface area (Å²) in [6, 6.07) is 5.50. The van der Waals surface area contributed by atoms with Gasteiger partial charge < -0.3 is 10.6 Å². The molecule has 1 aromatic carbocycles. The number of carbonyl (C=O) groups excluding carboxylic acids is 1. The van der Waals surface area contributed by atoms with E-state index < -0.39 is 17.8 Å². The average molecular weight is 296 g/mol. The molecule has 0 fully saturated rings. The van der Waals surface area contributed by atoms with Crippen molar-refractivity contribution in [3.05, 3.63) is 28.2 Å². The Labute approximate surface area is 119 Å². The molecule has 1 aromatic rings. The molecular weight excluding hydrogens is 289 g/mol. The average Bonchev–Trinajstić information content (AvgIpc) is 2.38. The third kappa shape index (κ3) is 4.14. The van der Waals surface area contributed by atoms with E-state index in [2.05, 4.69) is 10.6 Å². The topological polar surface area (TPSA) is 113 Å². The molecule has 0 radical (unpaired) electrons. The van der Waals surface area contributed by atoms with Crippen molar-refractivity contribution in [3.8, 4) is 12.1 Å². The fourth-order valence-corrected chi connectivity index (χ4v) is 1.57. The van der Waals surface area contributed by atoms with Crippen molar-refractivity contribution in [3.63, 3.8) is 0 Å². The van der Waals surface area contributed by atoms with E-state index in [1.54, 1.807) is 6.07 Å². The van der Waals surface area contributed by atoms with E-state index in [1.807, 2.05) is 0 Å². The number of benzene rings is 1. The van der Waals surface area contributed by atoms with E-state index in [1.165, 1.54) is 24.3 Å². The van der Waals surface area contributed by atoms with Gasteiger partial charge in [0.05, 0.1) is 16.8 Å². The van der Waals surface area contributed by atoms with Crippen molar-refractivity contribution in [1.82, 2.24) is 5.32 Å². The Morgan fingerprint density at radius 3 is 2.58 bits per heavy atom. The van der Waals surface area contributed by atoms with Crippen molar-refractivity contribution in [2.75, 3.05) is 5.32 Å². The highest BCUT2D eigenvalue weighted by Gasteiger charge is 2.16. The maximum absolute atomic E-state index is 11.6. The highest BCUT2D eigenvalue weighted by molar-refractivity contribution is 6.36. The summed E-state index contributed by atoms with van der Waals surface area (Å²) in [7, 11) is 0. The Balaban J connectivity index is 2.73. The van der Waals surface area contributed by atoms with Crippen LogP contribution in [0.2, 0.25) is 10.0 Å². The van der Waals surface area contributed by atoms with Crippen LogP contribution in [0.3, 0.4) is 0 Å². The quantitative estimate of drug-likeness (QED) is 0.745. The van der Waals surface area contributed by atoms with Crippen LogP contribution >= 0.6 is 23.2 Å². The molecule has 8 heteroatoms. The zero-order valence-corrected chi connectivity index (χ0v) is 10.9. The van der Waals surface area contributed by atoms with Crippen LogP contribution in [-0.4, -0.2) is 17.8 Å². The number of hydrogen-bond donors (Lipinski definition) is 3. The molecule has 0 bridgehead atoms. The Hall–Kier alpha value is -2.28. The summed E-state index contributed by atoms with van der Waals surface area (Å²) < 4.78 is 0. The summed E-state index contributed by atoms with van der Waals surface area (Å²) in [5.74, 6) is 0. The van der Waals surface area contributed by atoms with Gasteiger partial charge in [0.2, 0.25) is 0 Å². The summed E-state index contributed by atoms with van der Waals surface area (Å²) in [6.45, 7) is 0. The lowest BCUT2D eigenvalue weighted by atomic mass is 10.2. The smallest absolute Gasteiger partial charge is 0.316 e. The van der Waals surface area contributed by atoms with Gasteiger partial charge in [0.25, 0.3) is 0 Å². The maximum atomic E-state index is 11.6. The lowest BCUT2D eigenvalue weighted by molar-refractivity contribution is 0.252. The number of nitrogens with zero attached hydrogens (tertiary/aromatic N) is 2. The Bertz CT molecular complexity index is 602. The molecule has 2 amide bonds. The van der Waals surface area contributed by atoms with Crippen molar-refractivity contribution in [2.45, 2.75) is 6.04 Å². The van der Waals surface area contributed by atoms with E-state index in [0.717, 1.165) is 0 Å². The van der Waals surface area contributed by atoms with Crippen LogP contribution in [0.5, 0.6) is 0 Å². The molecule has 1 rings (SSSR count). The number of rotatable bonds is 3. The molecule has 0 heterocycles. The molecule has 19 heavy (non-hydrogen) atoms. The van der Waals surface area contributed by atoms with Crippen molar-refractivity contribution in [1.29, 1.82) is 15.9 Å². The standard InChI is InChI=1S/C11H7Cl2N5O/c12-6-1-2-9(7(13)3-6)17-11(19)18-10(5-15)8(16)4-14/h1-3,10,16H,(H2,17,18,19). The summed E-state index contributed by atoms with van der Waals surface area (Å²) in [5, 5.41) is 29.5. The van der Waals surface area contributed by atoms with Crippen LogP contribution in [0, 0.1) is 28.1 Å². The minimum absolute atomic E-state index is 0.228. The highest BCUT2D eigenvalue weighted by Crippen LogP contribution is 2.25. The van der Waals surface area contributed by atoms with Crippen LogP contribution in [0.1, 0.15) is 0 Å². The van der Waals surface area contributed by atoms with Gasteiger partial charge in [-0.15, -0.1) is 0 Å². The summed E-state index contributed by atoms with van der Waals surface area (Å²) in [6.07, 6.45) is 0. The van der Waals surface area contributed by atoms with Crippen molar-refractivity contribution < 1.29 is 4.79 Å². The number of urea groups is 1. The van der Waals surface area contributed by atoms with E-state index in [-0.39, 0.29) is 5.02 Å². The van der Waals surface area contributed by atoms with Crippen LogP contribution in [0.25, 0.3) is 0 Å². The molecule has 3 N–H and O–H groups in total. The van der Waals surface area contributed by atoms with E-state index in [9.17, 15) is 4.79 Å². The van der Waals surface area contributed by atoms with E-state index in [4.69, 9.17) is 39.1 Å². The summed E-state index contributed by atoms with van der Waals surface area (Å²) >= 11 is 11.5. The van der Waals surface area contributed by atoms with Gasteiger partial charge in [-0.05, 0) is 18.2 Å². The monoisotopic (exact) mass is 295 g/mol. The lowest BCUT2D eigenvalue weighted by Crippen LogP contribution is -2.41. The number of nitrogens with one attached hydrogen (secondary N) is 3. The second-order valence-corrected chi connectivity index (χ2v) is 4.15. The zero-order valence-electron chi connectivity index (χ0n) is 9.37. The molecule has 0 saturated carbocycles. The number of nitriles is 2. The molecule has 1 atom stereocenters. The van der Waals surface area contributed by atoms with Gasteiger partial charge in [0.1, 0.15) is 11.8 Å². The van der Waals surface area contributed by atoms with E-state index >= 15 is 0 Å². The van der Waals surface area contributed by atoms with Gasteiger partial charge in [-0.25, -0.2) is 4.79 Å². The molecular formula is C11H7Cl2N5O. The van der Waals surface area contributed by atoms with Gasteiger partial charge in [0.15, 0.2) is 6.04 Å². The molecule has 0 aliphatic heterocycles.